The Morgan fingerprint density at radius 2 is 1.53 bits per heavy atom. The lowest BCUT2D eigenvalue weighted by Gasteiger charge is -2.58. The standard InChI is InChI=1S/C47H84N2O6/c1-33(2)14-13-15-34(3)38-18-19-39-37-17-16-35-32-36(20-23-46(35,11)40(37)21-24-47(38,39)12)52-31-28-48-41(50)22-29-53-45(9,10)26-30-54-44(7,8)25-27-49-42(51)55-43(4,5)6/h16,33-34,36-40H,13-15,17-32H2,1-12H3,(H,48,50)(H,49,51)/t34-,36+,37?,38-,39?,40?,46+,47-/m1/s1. The van der Waals surface area contributed by atoms with Gasteiger partial charge in [0.1, 0.15) is 5.60 Å². The van der Waals surface area contributed by atoms with Crippen molar-refractivity contribution in [1.29, 1.82) is 0 Å². The van der Waals surface area contributed by atoms with Crippen LogP contribution in [-0.2, 0) is 23.7 Å². The van der Waals surface area contributed by atoms with Gasteiger partial charge in [0, 0.05) is 19.5 Å². The van der Waals surface area contributed by atoms with Crippen LogP contribution in [0.4, 0.5) is 4.79 Å². The fourth-order valence-electron chi connectivity index (χ4n) is 11.2. The maximum absolute atomic E-state index is 12.6. The molecule has 0 saturated heterocycles. The Balaban J connectivity index is 1.10. The highest BCUT2D eigenvalue weighted by Crippen LogP contribution is 2.67. The third-order valence-electron chi connectivity index (χ3n) is 14.5. The van der Waals surface area contributed by atoms with Gasteiger partial charge in [-0.15, -0.1) is 0 Å². The number of amides is 2. The molecule has 8 atom stereocenters. The molecule has 4 rings (SSSR count). The van der Waals surface area contributed by atoms with Gasteiger partial charge in [0.25, 0.3) is 0 Å². The van der Waals surface area contributed by atoms with Crippen LogP contribution in [0.3, 0.4) is 0 Å². The molecular formula is C47H84N2O6. The van der Waals surface area contributed by atoms with Gasteiger partial charge in [-0.25, -0.2) is 4.79 Å². The molecule has 3 unspecified atom stereocenters. The molecule has 4 aliphatic carbocycles. The summed E-state index contributed by atoms with van der Waals surface area (Å²) in [5, 5.41) is 5.84. The summed E-state index contributed by atoms with van der Waals surface area (Å²) in [6.07, 6.45) is 18.8. The van der Waals surface area contributed by atoms with Gasteiger partial charge in [-0.05, 0) is 159 Å². The number of fused-ring (bicyclic) bond motifs is 5. The molecule has 2 N–H and O–H groups in total. The van der Waals surface area contributed by atoms with E-state index in [9.17, 15) is 9.59 Å². The molecule has 0 aromatic heterocycles. The topological polar surface area (TPSA) is 95.1 Å². The smallest absolute Gasteiger partial charge is 0.407 e. The molecule has 8 heteroatoms. The molecule has 318 valence electrons. The van der Waals surface area contributed by atoms with Gasteiger partial charge in [-0.3, -0.25) is 4.79 Å². The molecular weight excluding hydrogens is 689 g/mol. The van der Waals surface area contributed by atoms with E-state index in [1.165, 1.54) is 57.8 Å². The predicted octanol–water partition coefficient (Wildman–Crippen LogP) is 10.8. The van der Waals surface area contributed by atoms with Crippen LogP contribution in [0.2, 0.25) is 0 Å². The maximum Gasteiger partial charge on any atom is 0.407 e. The fourth-order valence-corrected chi connectivity index (χ4v) is 11.2. The van der Waals surface area contributed by atoms with Crippen LogP contribution in [0.1, 0.15) is 173 Å². The summed E-state index contributed by atoms with van der Waals surface area (Å²) in [6.45, 7) is 28.7. The van der Waals surface area contributed by atoms with Crippen molar-refractivity contribution >= 4 is 12.0 Å². The Labute approximate surface area is 337 Å². The van der Waals surface area contributed by atoms with Crippen molar-refractivity contribution in [3.63, 3.8) is 0 Å². The van der Waals surface area contributed by atoms with E-state index < -0.39 is 22.9 Å². The number of carbonyl (C=O) groups is 2. The summed E-state index contributed by atoms with van der Waals surface area (Å²) in [5.74, 6) is 5.16. The molecule has 0 heterocycles. The minimum Gasteiger partial charge on any atom is -0.444 e. The second-order valence-corrected chi connectivity index (χ2v) is 21.3. The Morgan fingerprint density at radius 1 is 0.818 bits per heavy atom. The summed E-state index contributed by atoms with van der Waals surface area (Å²) < 4.78 is 23.9. The summed E-state index contributed by atoms with van der Waals surface area (Å²) in [4.78, 5) is 24.5. The quantitative estimate of drug-likeness (QED) is 0.0945. The van der Waals surface area contributed by atoms with Crippen LogP contribution in [0.15, 0.2) is 11.6 Å². The maximum atomic E-state index is 12.6. The number of rotatable bonds is 20. The van der Waals surface area contributed by atoms with Crippen molar-refractivity contribution in [2.24, 2.45) is 46.3 Å². The van der Waals surface area contributed by atoms with Crippen LogP contribution in [0.25, 0.3) is 0 Å². The molecule has 55 heavy (non-hydrogen) atoms. The Kier molecular flexibility index (Phi) is 16.3. The second-order valence-electron chi connectivity index (χ2n) is 21.3. The van der Waals surface area contributed by atoms with Crippen LogP contribution < -0.4 is 10.6 Å². The van der Waals surface area contributed by atoms with Crippen LogP contribution in [0.5, 0.6) is 0 Å². The first-order chi connectivity index (χ1) is 25.6. The van der Waals surface area contributed by atoms with Crippen molar-refractivity contribution < 1.29 is 28.5 Å². The fraction of sp³-hybridized carbons (Fsp3) is 0.915. The van der Waals surface area contributed by atoms with E-state index in [4.69, 9.17) is 18.9 Å². The lowest BCUT2D eigenvalue weighted by Crippen LogP contribution is -2.51. The summed E-state index contributed by atoms with van der Waals surface area (Å²) >= 11 is 0. The number of ether oxygens (including phenoxy) is 4. The molecule has 3 saturated carbocycles. The third-order valence-corrected chi connectivity index (χ3v) is 14.5. The minimum atomic E-state index is -0.518. The van der Waals surface area contributed by atoms with Crippen molar-refractivity contribution in [3.05, 3.63) is 11.6 Å². The number of nitrogens with one attached hydrogen (secondary N) is 2. The van der Waals surface area contributed by atoms with E-state index in [2.05, 4.69) is 51.3 Å². The first kappa shape index (κ1) is 46.1. The highest BCUT2D eigenvalue weighted by atomic mass is 16.6. The average molecular weight is 773 g/mol. The van der Waals surface area contributed by atoms with Gasteiger partial charge in [0.15, 0.2) is 0 Å². The number of hydrogen-bond acceptors (Lipinski definition) is 6. The number of allylic oxidation sites excluding steroid dienone is 1. The third kappa shape index (κ3) is 13.2. The van der Waals surface area contributed by atoms with Crippen molar-refractivity contribution in [2.45, 2.75) is 196 Å². The van der Waals surface area contributed by atoms with Gasteiger partial charge < -0.3 is 29.6 Å². The average Bonchev–Trinajstić information content (AvgIpc) is 3.42. The first-order valence-electron chi connectivity index (χ1n) is 22.5. The van der Waals surface area contributed by atoms with Gasteiger partial charge in [0.05, 0.1) is 37.1 Å². The van der Waals surface area contributed by atoms with E-state index in [0.29, 0.717) is 63.0 Å². The number of carbonyl (C=O) groups excluding carboxylic acids is 2. The molecule has 8 nitrogen and oxygen atoms in total. The zero-order valence-electron chi connectivity index (χ0n) is 37.5. The lowest BCUT2D eigenvalue weighted by molar-refractivity contribution is -0.124. The minimum absolute atomic E-state index is 0.00470. The molecule has 0 radical (unpaired) electrons. The molecule has 0 bridgehead atoms. The van der Waals surface area contributed by atoms with Gasteiger partial charge in [-0.1, -0.05) is 65.5 Å². The Morgan fingerprint density at radius 3 is 2.24 bits per heavy atom. The molecule has 0 aliphatic heterocycles. The van der Waals surface area contributed by atoms with E-state index in [1.807, 2.05) is 48.5 Å². The Bertz CT molecular complexity index is 1270. The molecule has 0 aromatic rings. The van der Waals surface area contributed by atoms with Crippen LogP contribution in [-0.4, -0.2) is 67.8 Å². The second kappa shape index (κ2) is 19.4. The lowest BCUT2D eigenvalue weighted by atomic mass is 9.47. The zero-order valence-corrected chi connectivity index (χ0v) is 37.5. The molecule has 0 aromatic carbocycles. The molecule has 3 fully saturated rings. The predicted molar refractivity (Wildman–Crippen MR) is 224 cm³/mol. The Hall–Kier alpha value is -1.64. The highest BCUT2D eigenvalue weighted by Gasteiger charge is 2.59. The van der Waals surface area contributed by atoms with E-state index in [-0.39, 0.29) is 12.0 Å². The molecule has 4 aliphatic rings. The largest absolute Gasteiger partial charge is 0.444 e. The van der Waals surface area contributed by atoms with Gasteiger partial charge in [0.2, 0.25) is 5.91 Å². The molecule has 2 amide bonds. The van der Waals surface area contributed by atoms with Gasteiger partial charge >= 0.3 is 6.09 Å². The van der Waals surface area contributed by atoms with Crippen molar-refractivity contribution in [1.82, 2.24) is 10.6 Å². The zero-order chi connectivity index (χ0) is 40.7. The number of alkyl carbamates (subject to hydrolysis) is 1. The normalized spacial score (nSPS) is 30.2. The summed E-state index contributed by atoms with van der Waals surface area (Å²) in [7, 11) is 0. The van der Waals surface area contributed by atoms with Crippen molar-refractivity contribution in [3.8, 4) is 0 Å². The summed E-state index contributed by atoms with van der Waals surface area (Å²) in [6, 6.07) is 0. The molecule has 0 spiro atoms. The SMILES string of the molecule is CC(C)CCC[C@@H](C)[C@H]1CCC2C3CC=C4C[C@@H](OCCNC(=O)CCOC(C)(C)CCOC(C)(C)CCNC(=O)OC(C)(C)C)CC[C@]4(C)C3CC[C@@]21C. The van der Waals surface area contributed by atoms with E-state index >= 15 is 0 Å². The first-order valence-corrected chi connectivity index (χ1v) is 22.5. The monoisotopic (exact) mass is 773 g/mol. The number of hydrogen-bond donors (Lipinski definition) is 2. The van der Waals surface area contributed by atoms with Gasteiger partial charge in [-0.2, -0.15) is 0 Å². The van der Waals surface area contributed by atoms with Crippen LogP contribution >= 0.6 is 0 Å². The van der Waals surface area contributed by atoms with E-state index in [1.54, 1.807) is 5.57 Å². The van der Waals surface area contributed by atoms with Crippen LogP contribution in [0, 0.1) is 46.3 Å². The highest BCUT2D eigenvalue weighted by molar-refractivity contribution is 5.75. The van der Waals surface area contributed by atoms with Crippen molar-refractivity contribution in [2.75, 3.05) is 32.9 Å². The van der Waals surface area contributed by atoms with E-state index in [0.717, 1.165) is 48.3 Å². The summed E-state index contributed by atoms with van der Waals surface area (Å²) in [5.41, 5.74) is 1.19.